The average Bonchev–Trinajstić information content (AvgIpc) is 2.04. The van der Waals surface area contributed by atoms with E-state index >= 15 is 0 Å². The molecule has 4 nitrogen and oxygen atoms in total. The first-order valence-electron chi connectivity index (χ1n) is 3.86. The molecule has 70 valence electrons. The zero-order valence-electron chi connectivity index (χ0n) is 7.01. The topological polar surface area (TPSA) is 72.6 Å². The molecule has 1 unspecified atom stereocenters. The van der Waals surface area contributed by atoms with E-state index in [0.717, 1.165) is 5.56 Å². The summed E-state index contributed by atoms with van der Waals surface area (Å²) in [7, 11) is 0. The lowest BCUT2D eigenvalue weighted by Gasteiger charge is -2.09. The fourth-order valence-electron chi connectivity index (χ4n) is 0.991. The van der Waals surface area contributed by atoms with Crippen molar-refractivity contribution in [3.63, 3.8) is 0 Å². The highest BCUT2D eigenvalue weighted by atomic mass is 16.6. The Balaban J connectivity index is 2.45. The van der Waals surface area contributed by atoms with Crippen LogP contribution in [0.5, 0.6) is 0 Å². The van der Waals surface area contributed by atoms with Crippen LogP contribution in [-0.4, -0.2) is 17.5 Å². The normalized spacial score (nSPS) is 12.1. The fourth-order valence-corrected chi connectivity index (χ4v) is 0.991. The third-order valence-corrected chi connectivity index (χ3v) is 1.51. The van der Waals surface area contributed by atoms with Gasteiger partial charge in [0.05, 0.1) is 0 Å². The highest BCUT2D eigenvalue weighted by Gasteiger charge is 2.07. The molecule has 0 spiro atoms. The summed E-state index contributed by atoms with van der Waals surface area (Å²) in [6.45, 7) is 0. The molecule has 0 aliphatic heterocycles. The first kappa shape index (κ1) is 9.54. The van der Waals surface area contributed by atoms with E-state index in [1.54, 1.807) is 0 Å². The van der Waals surface area contributed by atoms with Crippen molar-refractivity contribution in [2.24, 2.45) is 5.73 Å². The van der Waals surface area contributed by atoms with Crippen molar-refractivity contribution >= 4 is 6.09 Å². The molecule has 0 aliphatic carbocycles. The molecule has 1 amide bonds. The lowest BCUT2D eigenvalue weighted by molar-refractivity contribution is -0.0469. The van der Waals surface area contributed by atoms with Crippen LogP contribution < -0.4 is 5.73 Å². The van der Waals surface area contributed by atoms with E-state index in [1.807, 2.05) is 30.3 Å². The second kappa shape index (κ2) is 4.47. The van der Waals surface area contributed by atoms with Crippen molar-refractivity contribution < 1.29 is 14.6 Å². The highest BCUT2D eigenvalue weighted by Crippen LogP contribution is 2.03. The number of benzene rings is 1. The maximum atomic E-state index is 10.2. The molecule has 0 radical (unpaired) electrons. The molecule has 13 heavy (non-hydrogen) atoms. The van der Waals surface area contributed by atoms with Crippen LogP contribution in [0.4, 0.5) is 4.79 Å². The van der Waals surface area contributed by atoms with Gasteiger partial charge in [0, 0.05) is 6.42 Å². The number of carbonyl (C=O) groups excluding carboxylic acids is 1. The summed E-state index contributed by atoms with van der Waals surface area (Å²) < 4.78 is 4.35. The quantitative estimate of drug-likeness (QED) is 0.672. The largest absolute Gasteiger partial charge is 0.420 e. The number of aliphatic hydroxyl groups excluding tert-OH is 1. The molecule has 1 aromatic carbocycles. The smallest absolute Gasteiger partial charge is 0.406 e. The van der Waals surface area contributed by atoms with Crippen LogP contribution in [0, 0.1) is 0 Å². The fraction of sp³-hybridized carbons (Fsp3) is 0.222. The number of rotatable bonds is 3. The van der Waals surface area contributed by atoms with Gasteiger partial charge in [-0.1, -0.05) is 30.3 Å². The van der Waals surface area contributed by atoms with E-state index in [-0.39, 0.29) is 6.42 Å². The zero-order chi connectivity index (χ0) is 9.68. The van der Waals surface area contributed by atoms with E-state index in [0.29, 0.717) is 0 Å². The van der Waals surface area contributed by atoms with Gasteiger partial charge in [-0.15, -0.1) is 0 Å². The van der Waals surface area contributed by atoms with Gasteiger partial charge in [-0.3, -0.25) is 0 Å². The second-order valence-electron chi connectivity index (χ2n) is 2.58. The van der Waals surface area contributed by atoms with Crippen molar-refractivity contribution in [3.8, 4) is 0 Å². The number of aliphatic hydroxyl groups is 1. The van der Waals surface area contributed by atoms with Gasteiger partial charge in [-0.25, -0.2) is 4.79 Å². The molecule has 0 aromatic heterocycles. The summed E-state index contributed by atoms with van der Waals surface area (Å²) in [5.74, 6) is 0. The maximum Gasteiger partial charge on any atom is 0.406 e. The minimum absolute atomic E-state index is 0.254. The molecule has 0 aliphatic rings. The first-order valence-corrected chi connectivity index (χ1v) is 3.86. The molecule has 3 N–H and O–H groups in total. The van der Waals surface area contributed by atoms with Gasteiger partial charge in [-0.05, 0) is 5.56 Å². The van der Waals surface area contributed by atoms with Crippen LogP contribution in [0.1, 0.15) is 5.56 Å². The predicted molar refractivity (Wildman–Crippen MR) is 46.8 cm³/mol. The molecule has 1 rings (SSSR count). The van der Waals surface area contributed by atoms with Crippen LogP contribution in [0.25, 0.3) is 0 Å². The molecular weight excluding hydrogens is 170 g/mol. The van der Waals surface area contributed by atoms with Crippen molar-refractivity contribution in [2.45, 2.75) is 12.7 Å². The van der Waals surface area contributed by atoms with Gasteiger partial charge in [0.1, 0.15) is 0 Å². The second-order valence-corrected chi connectivity index (χ2v) is 2.58. The van der Waals surface area contributed by atoms with Gasteiger partial charge in [0.25, 0.3) is 0 Å². The Hall–Kier alpha value is -1.55. The van der Waals surface area contributed by atoms with Crippen LogP contribution in [0.15, 0.2) is 30.3 Å². The predicted octanol–water partition coefficient (Wildman–Crippen LogP) is 0.643. The standard InChI is InChI=1S/C9H11NO3/c10-9(12)13-8(11)6-7-4-2-1-3-5-7/h1-5,8,11H,6H2,(H2,10,12). The van der Waals surface area contributed by atoms with E-state index in [1.165, 1.54) is 0 Å². The van der Waals surface area contributed by atoms with E-state index in [2.05, 4.69) is 4.74 Å². The number of hydrogen-bond acceptors (Lipinski definition) is 3. The van der Waals surface area contributed by atoms with Gasteiger partial charge >= 0.3 is 6.09 Å². The number of carbonyl (C=O) groups is 1. The van der Waals surface area contributed by atoms with Crippen LogP contribution in [0.3, 0.4) is 0 Å². The molecule has 0 heterocycles. The molecule has 0 saturated carbocycles. The van der Waals surface area contributed by atoms with Crippen LogP contribution >= 0.6 is 0 Å². The van der Waals surface area contributed by atoms with Crippen LogP contribution in [-0.2, 0) is 11.2 Å². The van der Waals surface area contributed by atoms with Gasteiger partial charge < -0.3 is 15.6 Å². The van der Waals surface area contributed by atoms with Crippen molar-refractivity contribution in [1.82, 2.24) is 0 Å². The maximum absolute atomic E-state index is 10.2. The van der Waals surface area contributed by atoms with E-state index in [4.69, 9.17) is 10.8 Å². The van der Waals surface area contributed by atoms with Gasteiger partial charge in [0.15, 0.2) is 0 Å². The summed E-state index contributed by atoms with van der Waals surface area (Å²) in [6, 6.07) is 9.20. The summed E-state index contributed by atoms with van der Waals surface area (Å²) in [6.07, 6.45) is -1.88. The Labute approximate surface area is 75.9 Å². The van der Waals surface area contributed by atoms with Crippen molar-refractivity contribution in [2.75, 3.05) is 0 Å². The zero-order valence-corrected chi connectivity index (χ0v) is 7.01. The third kappa shape index (κ3) is 3.57. The van der Waals surface area contributed by atoms with Crippen LogP contribution in [0.2, 0.25) is 0 Å². The molecule has 0 saturated heterocycles. The monoisotopic (exact) mass is 181 g/mol. The van der Waals surface area contributed by atoms with Gasteiger partial charge in [-0.2, -0.15) is 0 Å². The SMILES string of the molecule is NC(=O)OC(O)Cc1ccccc1. The number of ether oxygens (including phenoxy) is 1. The minimum Gasteiger partial charge on any atom is -0.420 e. The Kier molecular flexibility index (Phi) is 3.28. The lowest BCUT2D eigenvalue weighted by Crippen LogP contribution is -2.24. The molecule has 0 fully saturated rings. The summed E-state index contributed by atoms with van der Waals surface area (Å²) in [5, 5.41) is 9.15. The van der Waals surface area contributed by atoms with Crippen molar-refractivity contribution in [3.05, 3.63) is 35.9 Å². The molecule has 1 atom stereocenters. The number of primary amides is 1. The van der Waals surface area contributed by atoms with E-state index in [9.17, 15) is 4.79 Å². The Bertz CT molecular complexity index is 273. The number of amides is 1. The summed E-state index contributed by atoms with van der Waals surface area (Å²) >= 11 is 0. The third-order valence-electron chi connectivity index (χ3n) is 1.51. The highest BCUT2D eigenvalue weighted by molar-refractivity contribution is 5.64. The van der Waals surface area contributed by atoms with Gasteiger partial charge in [0.2, 0.25) is 6.29 Å². The van der Waals surface area contributed by atoms with Crippen molar-refractivity contribution in [1.29, 1.82) is 0 Å². The summed E-state index contributed by atoms with van der Waals surface area (Å²) in [5.41, 5.74) is 5.61. The first-order chi connectivity index (χ1) is 6.18. The summed E-state index contributed by atoms with van der Waals surface area (Å²) in [4.78, 5) is 10.2. The van der Waals surface area contributed by atoms with E-state index < -0.39 is 12.4 Å². The lowest BCUT2D eigenvalue weighted by atomic mass is 10.1. The average molecular weight is 181 g/mol. The number of nitrogens with two attached hydrogens (primary N) is 1. The molecular formula is C9H11NO3. The Morgan fingerprint density at radius 2 is 2.08 bits per heavy atom. The molecule has 4 heteroatoms. The molecule has 0 bridgehead atoms. The minimum atomic E-state index is -1.17. The Morgan fingerprint density at radius 1 is 1.46 bits per heavy atom. The number of hydrogen-bond donors (Lipinski definition) is 2. The Morgan fingerprint density at radius 3 is 2.62 bits per heavy atom. The molecule has 1 aromatic rings.